The van der Waals surface area contributed by atoms with E-state index in [9.17, 15) is 9.36 Å². The van der Waals surface area contributed by atoms with Gasteiger partial charge in [-0.1, -0.05) is 128 Å². The third-order valence-corrected chi connectivity index (χ3v) is 8.18. The Bertz CT molecular complexity index is 682. The highest BCUT2D eigenvalue weighted by atomic mass is 35.7. The van der Waals surface area contributed by atoms with Crippen LogP contribution in [0.3, 0.4) is 0 Å². The largest absolute Gasteiger partial charge is 0.457 e. The van der Waals surface area contributed by atoms with E-state index in [1.807, 2.05) is 0 Å². The third-order valence-electron chi connectivity index (χ3n) is 6.64. The van der Waals surface area contributed by atoms with Gasteiger partial charge in [-0.25, -0.2) is 4.57 Å². The first-order chi connectivity index (χ1) is 19.4. The molecule has 0 aliphatic heterocycles. The molecule has 0 aromatic rings. The lowest BCUT2D eigenvalue weighted by Crippen LogP contribution is -2.28. The summed E-state index contributed by atoms with van der Waals surface area (Å²) in [5.74, 6) is -0.326. The van der Waals surface area contributed by atoms with Crippen LogP contribution in [0, 0.1) is 0 Å². The molecule has 0 aliphatic carbocycles. The van der Waals surface area contributed by atoms with Gasteiger partial charge in [0.05, 0.1) is 19.8 Å². The van der Waals surface area contributed by atoms with E-state index in [1.54, 1.807) is 0 Å². The van der Waals surface area contributed by atoms with Gasteiger partial charge in [0.1, 0.15) is 6.10 Å². The molecule has 0 saturated carbocycles. The van der Waals surface area contributed by atoms with E-state index in [4.69, 9.17) is 35.3 Å². The van der Waals surface area contributed by atoms with Gasteiger partial charge in [-0.2, -0.15) is 0 Å². The molecule has 0 heterocycles. The molecule has 0 spiro atoms. The average Bonchev–Trinajstić information content (AvgIpc) is 2.93. The van der Waals surface area contributed by atoms with Gasteiger partial charge in [-0.05, 0) is 18.4 Å². The van der Waals surface area contributed by atoms with Gasteiger partial charge >= 0.3 is 12.9 Å². The van der Waals surface area contributed by atoms with Crippen molar-refractivity contribution in [3.05, 3.63) is 10.4 Å². The lowest BCUT2D eigenvalue weighted by Gasteiger charge is -2.20. The number of carbonyl (C=O) groups is 1. The van der Waals surface area contributed by atoms with Gasteiger partial charge < -0.3 is 9.47 Å². The molecule has 0 aromatic carbocycles. The van der Waals surface area contributed by atoms with E-state index in [1.165, 1.54) is 89.9 Å². The molecular formula is C29H57ClN3O6P. The maximum absolute atomic E-state index is 12.4. The van der Waals surface area contributed by atoms with Crippen LogP contribution in [-0.4, -0.2) is 45.0 Å². The summed E-state index contributed by atoms with van der Waals surface area (Å²) >= 11 is 5.84. The Morgan fingerprint density at radius 3 is 1.77 bits per heavy atom. The molecule has 0 aliphatic rings. The molecule has 0 amide bonds. The molecule has 2 unspecified atom stereocenters. The molecule has 0 radical (unpaired) electrons. The van der Waals surface area contributed by atoms with Crippen molar-refractivity contribution < 1.29 is 27.9 Å². The fourth-order valence-corrected chi connectivity index (χ4v) is 5.39. The summed E-state index contributed by atoms with van der Waals surface area (Å²) in [5, 5.41) is 3.30. The SMILES string of the molecule is CCCCCCCCCCCCOCC(COP(=O)(Cl)OCCN=[N+]=[N-])OC(=O)CCCCCCCCCCC. The van der Waals surface area contributed by atoms with Crippen LogP contribution in [0.2, 0.25) is 0 Å². The number of esters is 1. The van der Waals surface area contributed by atoms with Crippen molar-refractivity contribution >= 4 is 24.2 Å². The highest BCUT2D eigenvalue weighted by molar-refractivity contribution is 7.81. The number of unbranched alkanes of at least 4 members (excludes halogenated alkanes) is 17. The smallest absolute Gasteiger partial charge is 0.424 e. The molecular weight excluding hydrogens is 553 g/mol. The second-order valence-electron chi connectivity index (χ2n) is 10.5. The Hall–Kier alpha value is -0.820. The minimum Gasteiger partial charge on any atom is -0.457 e. The van der Waals surface area contributed by atoms with Crippen molar-refractivity contribution in [2.75, 3.05) is 33.0 Å². The Morgan fingerprint density at radius 1 is 0.750 bits per heavy atom. The first-order valence-corrected chi connectivity index (χ1v) is 18.3. The Kier molecular flexibility index (Phi) is 29.1. The summed E-state index contributed by atoms with van der Waals surface area (Å²) in [6.45, 7) is 0.891. The number of hydrogen-bond donors (Lipinski definition) is 0. The molecule has 0 saturated heterocycles. The first kappa shape index (κ1) is 39.2. The van der Waals surface area contributed by atoms with E-state index in [-0.39, 0.29) is 32.3 Å². The molecule has 236 valence electrons. The summed E-state index contributed by atoms with van der Waals surface area (Å²) < 4.78 is 33.9. The zero-order valence-electron chi connectivity index (χ0n) is 25.4. The summed E-state index contributed by atoms with van der Waals surface area (Å²) in [4.78, 5) is 15.0. The van der Waals surface area contributed by atoms with Crippen LogP contribution in [0.15, 0.2) is 5.11 Å². The van der Waals surface area contributed by atoms with E-state index >= 15 is 0 Å². The Balaban J connectivity index is 4.29. The lowest BCUT2D eigenvalue weighted by atomic mass is 10.1. The predicted octanol–water partition coefficient (Wildman–Crippen LogP) is 10.4. The predicted molar refractivity (Wildman–Crippen MR) is 164 cm³/mol. The van der Waals surface area contributed by atoms with Gasteiger partial charge in [-0.15, -0.1) is 0 Å². The third kappa shape index (κ3) is 28.7. The molecule has 40 heavy (non-hydrogen) atoms. The second kappa shape index (κ2) is 29.7. The first-order valence-electron chi connectivity index (χ1n) is 15.8. The van der Waals surface area contributed by atoms with Crippen molar-refractivity contribution in [3.63, 3.8) is 0 Å². The summed E-state index contributed by atoms with van der Waals surface area (Å²) in [7, 11) is 0. The fourth-order valence-electron chi connectivity index (χ4n) is 4.29. The van der Waals surface area contributed by atoms with E-state index in [2.05, 4.69) is 23.9 Å². The highest BCUT2D eigenvalue weighted by Gasteiger charge is 2.25. The molecule has 11 heteroatoms. The van der Waals surface area contributed by atoms with Crippen molar-refractivity contribution in [3.8, 4) is 0 Å². The van der Waals surface area contributed by atoms with Crippen LogP contribution in [0.1, 0.15) is 142 Å². The number of rotatable bonds is 31. The molecule has 0 N–H and O–H groups in total. The molecule has 0 bridgehead atoms. The Labute approximate surface area is 248 Å². The van der Waals surface area contributed by atoms with Gasteiger partial charge in [0.2, 0.25) is 0 Å². The minimum atomic E-state index is -3.90. The van der Waals surface area contributed by atoms with Crippen LogP contribution >= 0.6 is 18.2 Å². The molecule has 0 aromatic heterocycles. The number of hydrogen-bond acceptors (Lipinski definition) is 7. The van der Waals surface area contributed by atoms with Crippen LogP contribution in [0.4, 0.5) is 0 Å². The number of ether oxygens (including phenoxy) is 2. The van der Waals surface area contributed by atoms with Gasteiger partial charge in [0.15, 0.2) is 0 Å². The average molecular weight is 610 g/mol. The summed E-state index contributed by atoms with van der Waals surface area (Å²) in [6, 6.07) is 0. The monoisotopic (exact) mass is 609 g/mol. The zero-order chi connectivity index (χ0) is 29.6. The maximum atomic E-state index is 12.4. The number of azide groups is 1. The van der Waals surface area contributed by atoms with Crippen LogP contribution in [-0.2, 0) is 27.9 Å². The highest BCUT2D eigenvalue weighted by Crippen LogP contribution is 2.53. The van der Waals surface area contributed by atoms with E-state index < -0.39 is 13.1 Å². The fraction of sp³-hybridized carbons (Fsp3) is 0.966. The van der Waals surface area contributed by atoms with Crippen LogP contribution < -0.4 is 0 Å². The van der Waals surface area contributed by atoms with Gasteiger partial charge in [0, 0.05) is 35.7 Å². The topological polar surface area (TPSA) is 120 Å². The standard InChI is InChI=1S/C29H57ClN3O6P/c1-3-5-7-9-11-13-15-17-19-21-24-36-26-28(27-38-40(30,35)37-25-23-32-33-31)39-29(34)22-20-18-16-14-12-10-8-6-4-2/h28H,3-27H2,1-2H3. The van der Waals surface area contributed by atoms with Crippen molar-refractivity contribution in [2.45, 2.75) is 148 Å². The van der Waals surface area contributed by atoms with Crippen molar-refractivity contribution in [1.29, 1.82) is 0 Å². The number of carbonyl (C=O) groups excluding carboxylic acids is 1. The van der Waals surface area contributed by atoms with Crippen LogP contribution in [0.5, 0.6) is 0 Å². The zero-order valence-corrected chi connectivity index (χ0v) is 27.0. The number of halogens is 1. The van der Waals surface area contributed by atoms with Gasteiger partial charge in [0.25, 0.3) is 0 Å². The molecule has 0 rings (SSSR count). The normalized spacial score (nSPS) is 13.5. The van der Waals surface area contributed by atoms with E-state index in [0.29, 0.717) is 13.0 Å². The Morgan fingerprint density at radius 2 is 1.25 bits per heavy atom. The summed E-state index contributed by atoms with van der Waals surface area (Å²) in [5.41, 5.74) is 8.32. The summed E-state index contributed by atoms with van der Waals surface area (Å²) in [6.07, 6.45) is 22.5. The van der Waals surface area contributed by atoms with Crippen molar-refractivity contribution in [2.24, 2.45) is 5.11 Å². The molecule has 2 atom stereocenters. The second-order valence-corrected chi connectivity index (χ2v) is 13.1. The van der Waals surface area contributed by atoms with E-state index in [0.717, 1.165) is 32.1 Å². The maximum Gasteiger partial charge on any atom is 0.424 e. The molecule has 9 nitrogen and oxygen atoms in total. The van der Waals surface area contributed by atoms with Crippen molar-refractivity contribution in [1.82, 2.24) is 0 Å². The minimum absolute atomic E-state index is 0.0182. The van der Waals surface area contributed by atoms with Gasteiger partial charge in [-0.3, -0.25) is 13.8 Å². The number of nitrogens with zero attached hydrogens (tertiary/aromatic N) is 3. The quantitative estimate of drug-likeness (QED) is 0.0192. The molecule has 0 fully saturated rings. The van der Waals surface area contributed by atoms with Crippen LogP contribution in [0.25, 0.3) is 10.4 Å². The lowest BCUT2D eigenvalue weighted by molar-refractivity contribution is -0.154.